The highest BCUT2D eigenvalue weighted by Gasteiger charge is 2.42. The number of pyridine rings is 1. The number of carbonyl (C=O) groups is 3. The van der Waals surface area contributed by atoms with E-state index >= 15 is 0 Å². The van der Waals surface area contributed by atoms with Gasteiger partial charge in [0.25, 0.3) is 0 Å². The summed E-state index contributed by atoms with van der Waals surface area (Å²) in [6.07, 6.45) is 9.40. The first kappa shape index (κ1) is 19.9. The number of aromatic nitrogens is 1. The summed E-state index contributed by atoms with van der Waals surface area (Å²) in [6.45, 7) is 0. The summed E-state index contributed by atoms with van der Waals surface area (Å²) in [5.41, 5.74) is 0.692. The molecule has 3 unspecified atom stereocenters. The van der Waals surface area contributed by atoms with Crippen molar-refractivity contribution in [2.75, 3.05) is 5.75 Å². The van der Waals surface area contributed by atoms with Crippen LogP contribution in [0.1, 0.15) is 61.7 Å². The highest BCUT2D eigenvalue weighted by Crippen LogP contribution is 2.33. The second-order valence-electron chi connectivity index (χ2n) is 7.27. The Hall–Kier alpha value is -1.89. The van der Waals surface area contributed by atoms with Crippen LogP contribution >= 0.6 is 11.8 Å². The van der Waals surface area contributed by atoms with E-state index in [9.17, 15) is 14.4 Å². The molecule has 0 aromatic carbocycles. The Labute approximate surface area is 164 Å². The molecule has 2 fully saturated rings. The fourth-order valence-electron chi connectivity index (χ4n) is 3.73. The van der Waals surface area contributed by atoms with Gasteiger partial charge in [-0.05, 0) is 37.8 Å². The lowest BCUT2D eigenvalue weighted by Gasteiger charge is -2.16. The zero-order valence-corrected chi connectivity index (χ0v) is 16.3. The van der Waals surface area contributed by atoms with Crippen LogP contribution in [0.4, 0.5) is 4.79 Å². The van der Waals surface area contributed by atoms with Crippen molar-refractivity contribution in [2.24, 2.45) is 0 Å². The standard InChI is InChI=1S/C20H27N3O3S/c24-15(5-1-3-7-17(25)14-9-11-21-12-10-14)6-2-4-8-18-19-16(13-27-18)22-20(26)23-19/h9-12,16,18-19H,1-8,13H2,(H2,22,23,26). The number of fused-ring (bicyclic) bond motifs is 1. The molecule has 146 valence electrons. The monoisotopic (exact) mass is 389 g/mol. The largest absolute Gasteiger partial charge is 0.332 e. The maximum Gasteiger partial charge on any atom is 0.315 e. The second kappa shape index (κ2) is 9.88. The molecule has 0 bridgehead atoms. The van der Waals surface area contributed by atoms with Crippen molar-refractivity contribution < 1.29 is 14.4 Å². The molecule has 0 aliphatic carbocycles. The highest BCUT2D eigenvalue weighted by atomic mass is 32.2. The molecule has 0 spiro atoms. The van der Waals surface area contributed by atoms with E-state index in [1.807, 2.05) is 11.8 Å². The molecule has 27 heavy (non-hydrogen) atoms. The van der Waals surface area contributed by atoms with Crippen molar-refractivity contribution in [3.05, 3.63) is 30.1 Å². The molecule has 1 aromatic rings. The van der Waals surface area contributed by atoms with Crippen LogP contribution in [0.15, 0.2) is 24.5 Å². The summed E-state index contributed by atoms with van der Waals surface area (Å²) in [7, 11) is 0. The van der Waals surface area contributed by atoms with Crippen molar-refractivity contribution in [1.29, 1.82) is 0 Å². The van der Waals surface area contributed by atoms with E-state index in [0.717, 1.165) is 37.9 Å². The van der Waals surface area contributed by atoms with Crippen molar-refractivity contribution in [3.8, 4) is 0 Å². The molecule has 1 aromatic heterocycles. The van der Waals surface area contributed by atoms with E-state index < -0.39 is 0 Å². The fourth-order valence-corrected chi connectivity index (χ4v) is 5.27. The van der Waals surface area contributed by atoms with Crippen LogP contribution in [0, 0.1) is 0 Å². The topological polar surface area (TPSA) is 88.2 Å². The number of urea groups is 1. The lowest BCUT2D eigenvalue weighted by molar-refractivity contribution is -0.119. The number of carbonyl (C=O) groups excluding carboxylic acids is 3. The van der Waals surface area contributed by atoms with Crippen molar-refractivity contribution >= 4 is 29.4 Å². The molecule has 2 aliphatic heterocycles. The third-order valence-electron chi connectivity index (χ3n) is 5.24. The number of ketones is 2. The molecule has 2 aliphatic rings. The first-order chi connectivity index (χ1) is 13.1. The number of thioether (sulfide) groups is 1. The van der Waals surface area contributed by atoms with Crippen LogP contribution in [0.3, 0.4) is 0 Å². The van der Waals surface area contributed by atoms with E-state index in [4.69, 9.17) is 0 Å². The summed E-state index contributed by atoms with van der Waals surface area (Å²) < 4.78 is 0. The molecular weight excluding hydrogens is 362 g/mol. The molecule has 3 rings (SSSR count). The third kappa shape index (κ3) is 5.79. The zero-order chi connectivity index (χ0) is 19.1. The summed E-state index contributed by atoms with van der Waals surface area (Å²) in [5.74, 6) is 1.38. The SMILES string of the molecule is O=C(CCCCC(=O)c1ccncc1)CCCCC1SCC2NC(=O)NC21. The van der Waals surface area contributed by atoms with Crippen LogP contribution in [0.25, 0.3) is 0 Å². The van der Waals surface area contributed by atoms with E-state index in [1.54, 1.807) is 24.5 Å². The Morgan fingerprint density at radius 2 is 1.74 bits per heavy atom. The highest BCUT2D eigenvalue weighted by molar-refractivity contribution is 8.00. The Morgan fingerprint density at radius 1 is 1.04 bits per heavy atom. The number of rotatable bonds is 11. The van der Waals surface area contributed by atoms with Gasteiger partial charge in [-0.1, -0.05) is 6.42 Å². The average molecular weight is 390 g/mol. The minimum absolute atomic E-state index is 0.0482. The van der Waals surface area contributed by atoms with E-state index in [2.05, 4.69) is 15.6 Å². The number of amides is 2. The maximum atomic E-state index is 12.0. The van der Waals surface area contributed by atoms with Gasteiger partial charge >= 0.3 is 6.03 Å². The number of hydrogen-bond donors (Lipinski definition) is 2. The van der Waals surface area contributed by atoms with Gasteiger partial charge in [-0.15, -0.1) is 0 Å². The van der Waals surface area contributed by atoms with Crippen LogP contribution in [0.5, 0.6) is 0 Å². The predicted molar refractivity (Wildman–Crippen MR) is 106 cm³/mol. The number of nitrogens with one attached hydrogen (secondary N) is 2. The van der Waals surface area contributed by atoms with E-state index in [0.29, 0.717) is 35.9 Å². The molecule has 2 saturated heterocycles. The molecule has 0 radical (unpaired) electrons. The molecule has 2 N–H and O–H groups in total. The van der Waals surface area contributed by atoms with Gasteiger partial charge in [0, 0.05) is 48.2 Å². The van der Waals surface area contributed by atoms with Gasteiger partial charge in [-0.3, -0.25) is 14.6 Å². The number of nitrogens with zero attached hydrogens (tertiary/aromatic N) is 1. The first-order valence-electron chi connectivity index (χ1n) is 9.77. The van der Waals surface area contributed by atoms with Gasteiger partial charge < -0.3 is 10.6 Å². The van der Waals surface area contributed by atoms with Crippen molar-refractivity contribution in [2.45, 2.75) is 68.7 Å². The normalized spacial score (nSPS) is 23.6. The lowest BCUT2D eigenvalue weighted by Crippen LogP contribution is -2.36. The maximum absolute atomic E-state index is 12.0. The minimum atomic E-state index is -0.0482. The molecule has 2 amide bonds. The predicted octanol–water partition coefficient (Wildman–Crippen LogP) is 3.12. The van der Waals surface area contributed by atoms with E-state index in [1.165, 1.54) is 0 Å². The summed E-state index contributed by atoms with van der Waals surface area (Å²) in [4.78, 5) is 39.3. The molecule has 6 nitrogen and oxygen atoms in total. The first-order valence-corrected chi connectivity index (χ1v) is 10.8. The Kier molecular flexibility index (Phi) is 7.26. The number of Topliss-reactive ketones (excluding diaryl/α,β-unsaturated/α-hetero) is 2. The Balaban J connectivity index is 1.22. The van der Waals surface area contributed by atoms with Gasteiger partial charge in [-0.25, -0.2) is 4.79 Å². The van der Waals surface area contributed by atoms with Gasteiger partial charge in [0.05, 0.1) is 12.1 Å². The van der Waals surface area contributed by atoms with Crippen molar-refractivity contribution in [1.82, 2.24) is 15.6 Å². The molecule has 7 heteroatoms. The molecule has 0 saturated carbocycles. The lowest BCUT2D eigenvalue weighted by atomic mass is 10.0. The van der Waals surface area contributed by atoms with Gasteiger partial charge in [0.15, 0.2) is 5.78 Å². The van der Waals surface area contributed by atoms with Gasteiger partial charge in [0.1, 0.15) is 5.78 Å². The summed E-state index contributed by atoms with van der Waals surface area (Å²) in [5, 5.41) is 6.41. The van der Waals surface area contributed by atoms with Gasteiger partial charge in [-0.2, -0.15) is 11.8 Å². The van der Waals surface area contributed by atoms with Crippen LogP contribution < -0.4 is 10.6 Å². The van der Waals surface area contributed by atoms with Crippen LogP contribution in [-0.4, -0.2) is 45.7 Å². The van der Waals surface area contributed by atoms with E-state index in [-0.39, 0.29) is 23.9 Å². The third-order valence-corrected chi connectivity index (χ3v) is 6.75. The molecular formula is C20H27N3O3S. The summed E-state index contributed by atoms with van der Waals surface area (Å²) in [6, 6.07) is 3.92. The van der Waals surface area contributed by atoms with Crippen LogP contribution in [-0.2, 0) is 4.79 Å². The zero-order valence-electron chi connectivity index (χ0n) is 15.5. The average Bonchev–Trinajstić information content (AvgIpc) is 3.22. The Bertz CT molecular complexity index is 668. The number of unbranched alkanes of at least 4 members (excludes halogenated alkanes) is 2. The minimum Gasteiger partial charge on any atom is -0.332 e. The summed E-state index contributed by atoms with van der Waals surface area (Å²) >= 11 is 1.91. The Morgan fingerprint density at radius 3 is 2.52 bits per heavy atom. The second-order valence-corrected chi connectivity index (χ2v) is 8.54. The van der Waals surface area contributed by atoms with Crippen molar-refractivity contribution in [3.63, 3.8) is 0 Å². The van der Waals surface area contributed by atoms with Gasteiger partial charge in [0.2, 0.25) is 0 Å². The molecule has 3 heterocycles. The fraction of sp³-hybridized carbons (Fsp3) is 0.600. The molecule has 3 atom stereocenters. The quantitative estimate of drug-likeness (QED) is 0.345. The van der Waals surface area contributed by atoms with Crippen LogP contribution in [0.2, 0.25) is 0 Å². The number of hydrogen-bond acceptors (Lipinski definition) is 5. The smallest absolute Gasteiger partial charge is 0.315 e.